The smallest absolute Gasteiger partial charge is 0.314 e. The minimum Gasteiger partial charge on any atom is -0.465 e. The number of esters is 1. The predicted molar refractivity (Wildman–Crippen MR) is 53.7 cm³/mol. The molecule has 0 saturated carbocycles. The van der Waals surface area contributed by atoms with Crippen LogP contribution in [0.3, 0.4) is 0 Å². The molecule has 0 aromatic heterocycles. The van der Waals surface area contributed by atoms with E-state index >= 15 is 0 Å². The van der Waals surface area contributed by atoms with Crippen LogP contribution in [0.25, 0.3) is 0 Å². The number of nitrogens with zero attached hydrogens (tertiary/aromatic N) is 2. The Kier molecular flexibility index (Phi) is 5.54. The molecular formula is C10H16N2O2. The van der Waals surface area contributed by atoms with Gasteiger partial charge >= 0.3 is 5.97 Å². The molecule has 0 bridgehead atoms. The molecule has 0 aliphatic carbocycles. The maximum Gasteiger partial charge on any atom is 0.314 e. The van der Waals surface area contributed by atoms with E-state index in [-0.39, 0.29) is 11.9 Å². The van der Waals surface area contributed by atoms with E-state index in [2.05, 4.69) is 4.99 Å². The summed E-state index contributed by atoms with van der Waals surface area (Å²) in [6.45, 7) is 7.59. The maximum absolute atomic E-state index is 11.4. The van der Waals surface area contributed by atoms with Crippen LogP contribution in [0.4, 0.5) is 0 Å². The summed E-state index contributed by atoms with van der Waals surface area (Å²) in [6, 6.07) is 0. The van der Waals surface area contributed by atoms with E-state index in [1.807, 2.05) is 13.8 Å². The summed E-state index contributed by atoms with van der Waals surface area (Å²) >= 11 is 0. The Labute approximate surface area is 84.6 Å². The van der Waals surface area contributed by atoms with Crippen molar-refractivity contribution in [3.8, 4) is 6.19 Å². The van der Waals surface area contributed by atoms with Crippen molar-refractivity contribution >= 4 is 11.7 Å². The quantitative estimate of drug-likeness (QED) is 0.391. The predicted octanol–water partition coefficient (Wildman–Crippen LogP) is 1.76. The van der Waals surface area contributed by atoms with E-state index in [1.165, 1.54) is 0 Å². The van der Waals surface area contributed by atoms with Gasteiger partial charge in [-0.15, -0.1) is 0 Å². The third kappa shape index (κ3) is 3.56. The summed E-state index contributed by atoms with van der Waals surface area (Å²) in [5, 5.41) is 8.46. The van der Waals surface area contributed by atoms with E-state index in [0.717, 1.165) is 0 Å². The Morgan fingerprint density at radius 2 is 2.07 bits per heavy atom. The van der Waals surface area contributed by atoms with Crippen molar-refractivity contribution in [3.63, 3.8) is 0 Å². The largest absolute Gasteiger partial charge is 0.465 e. The fourth-order valence-electron chi connectivity index (χ4n) is 1.17. The molecule has 4 nitrogen and oxygen atoms in total. The van der Waals surface area contributed by atoms with Gasteiger partial charge in [-0.25, -0.2) is 0 Å². The van der Waals surface area contributed by atoms with Crippen LogP contribution >= 0.6 is 0 Å². The number of rotatable bonds is 4. The summed E-state index contributed by atoms with van der Waals surface area (Å²) in [4.78, 5) is 15.0. The number of hydrogen-bond donors (Lipinski definition) is 0. The van der Waals surface area contributed by atoms with Gasteiger partial charge in [0, 0.05) is 5.71 Å². The zero-order valence-electron chi connectivity index (χ0n) is 9.07. The molecule has 0 aromatic rings. The lowest BCUT2D eigenvalue weighted by Gasteiger charge is -2.14. The van der Waals surface area contributed by atoms with E-state index in [0.29, 0.717) is 12.3 Å². The average molecular weight is 196 g/mol. The average Bonchev–Trinajstić information content (AvgIpc) is 2.13. The second-order valence-corrected chi connectivity index (χ2v) is 3.27. The monoisotopic (exact) mass is 196 g/mol. The van der Waals surface area contributed by atoms with Crippen LogP contribution < -0.4 is 0 Å². The van der Waals surface area contributed by atoms with E-state index in [1.54, 1.807) is 20.0 Å². The highest BCUT2D eigenvalue weighted by molar-refractivity contribution is 6.03. The van der Waals surface area contributed by atoms with E-state index in [9.17, 15) is 4.79 Å². The molecule has 1 atom stereocenters. The normalized spacial score (nSPS) is 13.6. The van der Waals surface area contributed by atoms with Crippen LogP contribution in [0.15, 0.2) is 4.99 Å². The number of hydrogen-bond acceptors (Lipinski definition) is 4. The van der Waals surface area contributed by atoms with Gasteiger partial charge in [0.1, 0.15) is 0 Å². The number of carbonyl (C=O) groups excluding carboxylic acids is 1. The third-order valence-electron chi connectivity index (χ3n) is 1.85. The minimum absolute atomic E-state index is 0.0778. The fraction of sp³-hybridized carbons (Fsp3) is 0.700. The summed E-state index contributed by atoms with van der Waals surface area (Å²) in [5.41, 5.74) is 0.575. The minimum atomic E-state index is -0.436. The molecule has 0 radical (unpaired) electrons. The van der Waals surface area contributed by atoms with Gasteiger partial charge in [-0.05, 0) is 19.8 Å². The van der Waals surface area contributed by atoms with Gasteiger partial charge in [-0.1, -0.05) is 13.8 Å². The summed E-state index contributed by atoms with van der Waals surface area (Å²) in [7, 11) is 0. The highest BCUT2D eigenvalue weighted by Crippen LogP contribution is 2.10. The lowest BCUT2D eigenvalue weighted by molar-refractivity contribution is -0.145. The molecule has 0 heterocycles. The van der Waals surface area contributed by atoms with Gasteiger partial charge in [-0.3, -0.25) is 4.79 Å². The first-order valence-corrected chi connectivity index (χ1v) is 4.67. The molecule has 4 heteroatoms. The lowest BCUT2D eigenvalue weighted by Crippen LogP contribution is -2.27. The Bertz CT molecular complexity index is 264. The second kappa shape index (κ2) is 6.14. The van der Waals surface area contributed by atoms with Crippen LogP contribution in [0, 0.1) is 23.3 Å². The molecule has 0 aromatic carbocycles. The van der Waals surface area contributed by atoms with Crippen molar-refractivity contribution in [2.75, 3.05) is 6.61 Å². The molecule has 0 aliphatic rings. The molecule has 78 valence electrons. The topological polar surface area (TPSA) is 62.4 Å². The van der Waals surface area contributed by atoms with Crippen molar-refractivity contribution in [1.82, 2.24) is 0 Å². The van der Waals surface area contributed by atoms with Crippen molar-refractivity contribution in [1.29, 1.82) is 5.26 Å². The zero-order chi connectivity index (χ0) is 11.1. The van der Waals surface area contributed by atoms with Crippen LogP contribution in [0.1, 0.15) is 27.7 Å². The van der Waals surface area contributed by atoms with Crippen LogP contribution in [-0.2, 0) is 9.53 Å². The van der Waals surface area contributed by atoms with Crippen molar-refractivity contribution in [2.24, 2.45) is 16.8 Å². The number of carbonyl (C=O) groups is 1. The van der Waals surface area contributed by atoms with E-state index in [4.69, 9.17) is 10.00 Å². The van der Waals surface area contributed by atoms with E-state index < -0.39 is 5.92 Å². The standard InChI is InChI=1S/C10H16N2O2/c1-5-14-10(13)8(4)9(7(2)3)12-6-11/h7-8H,5H2,1-4H3. The molecule has 0 saturated heterocycles. The second-order valence-electron chi connectivity index (χ2n) is 3.27. The SMILES string of the molecule is CCOC(=O)C(C)C(=NC#N)C(C)C. The Morgan fingerprint density at radius 3 is 2.43 bits per heavy atom. The molecule has 0 rings (SSSR count). The van der Waals surface area contributed by atoms with Gasteiger partial charge in [0.25, 0.3) is 0 Å². The highest BCUT2D eigenvalue weighted by Gasteiger charge is 2.22. The molecule has 14 heavy (non-hydrogen) atoms. The van der Waals surface area contributed by atoms with Crippen molar-refractivity contribution in [2.45, 2.75) is 27.7 Å². The van der Waals surface area contributed by atoms with Gasteiger partial charge in [0.05, 0.1) is 12.5 Å². The molecule has 0 spiro atoms. The molecular weight excluding hydrogens is 180 g/mol. The summed E-state index contributed by atoms with van der Waals surface area (Å²) in [6.07, 6.45) is 1.71. The Balaban J connectivity index is 4.62. The third-order valence-corrected chi connectivity index (χ3v) is 1.85. The molecule has 0 aliphatic heterocycles. The fourth-order valence-corrected chi connectivity index (χ4v) is 1.17. The molecule has 0 N–H and O–H groups in total. The molecule has 0 amide bonds. The first-order chi connectivity index (χ1) is 6.54. The van der Waals surface area contributed by atoms with Gasteiger partial charge in [0.2, 0.25) is 6.19 Å². The molecule has 1 unspecified atom stereocenters. The first-order valence-electron chi connectivity index (χ1n) is 4.67. The van der Waals surface area contributed by atoms with Gasteiger partial charge in [0.15, 0.2) is 0 Å². The summed E-state index contributed by atoms with van der Waals surface area (Å²) in [5.74, 6) is -0.682. The molecule has 0 fully saturated rings. The van der Waals surface area contributed by atoms with Gasteiger partial charge < -0.3 is 4.74 Å². The van der Waals surface area contributed by atoms with Crippen LogP contribution in [0.2, 0.25) is 0 Å². The van der Waals surface area contributed by atoms with Crippen molar-refractivity contribution < 1.29 is 9.53 Å². The van der Waals surface area contributed by atoms with Crippen molar-refractivity contribution in [3.05, 3.63) is 0 Å². The first kappa shape index (κ1) is 12.6. The van der Waals surface area contributed by atoms with Gasteiger partial charge in [-0.2, -0.15) is 10.3 Å². The highest BCUT2D eigenvalue weighted by atomic mass is 16.5. The Hall–Kier alpha value is -1.37. The number of nitriles is 1. The van der Waals surface area contributed by atoms with Crippen LogP contribution in [-0.4, -0.2) is 18.3 Å². The number of aliphatic imine (C=N–C) groups is 1. The number of ether oxygens (including phenoxy) is 1. The zero-order valence-corrected chi connectivity index (χ0v) is 9.07. The van der Waals surface area contributed by atoms with Crippen LogP contribution in [0.5, 0.6) is 0 Å². The Morgan fingerprint density at radius 1 is 1.50 bits per heavy atom. The lowest BCUT2D eigenvalue weighted by atomic mass is 9.96. The maximum atomic E-state index is 11.4. The summed E-state index contributed by atoms with van der Waals surface area (Å²) < 4.78 is 4.85.